The number of hydrogen-bond donors (Lipinski definition) is 1. The van der Waals surface area contributed by atoms with Crippen molar-refractivity contribution in [3.8, 4) is 11.3 Å². The lowest BCUT2D eigenvalue weighted by molar-refractivity contribution is 0.0586. The van der Waals surface area contributed by atoms with E-state index < -0.39 is 0 Å². The minimum atomic E-state index is -0.000826. The molecule has 28 heavy (non-hydrogen) atoms. The highest BCUT2D eigenvalue weighted by atomic mass is 16.2. The molecule has 3 saturated heterocycles. The first-order valence-electron chi connectivity index (χ1n) is 9.81. The zero-order valence-corrected chi connectivity index (χ0v) is 16.7. The molecule has 1 aromatic carbocycles. The third kappa shape index (κ3) is 3.37. The Morgan fingerprint density at radius 2 is 2.00 bits per heavy atom. The molecule has 3 aliphatic rings. The van der Waals surface area contributed by atoms with Gasteiger partial charge in [0.1, 0.15) is 0 Å². The fraction of sp³-hybridized carbons (Fsp3) is 0.476. The van der Waals surface area contributed by atoms with Crippen molar-refractivity contribution in [1.82, 2.24) is 24.9 Å². The van der Waals surface area contributed by atoms with E-state index in [0.29, 0.717) is 31.1 Å². The summed E-state index contributed by atoms with van der Waals surface area (Å²) >= 11 is 0. The van der Waals surface area contributed by atoms with Gasteiger partial charge in [-0.2, -0.15) is 5.10 Å². The Morgan fingerprint density at radius 1 is 1.18 bits per heavy atom. The molecule has 5 rings (SSSR count). The summed E-state index contributed by atoms with van der Waals surface area (Å²) in [7, 11) is 3.55. The van der Waals surface area contributed by atoms with E-state index >= 15 is 0 Å². The molecule has 3 aliphatic heterocycles. The topological polar surface area (TPSA) is 72.5 Å². The Morgan fingerprint density at radius 3 is 2.75 bits per heavy atom. The molecule has 7 nitrogen and oxygen atoms in total. The highest BCUT2D eigenvalue weighted by molar-refractivity contribution is 6.00. The molecule has 4 heterocycles. The molecule has 1 N–H and O–H groups in total. The summed E-state index contributed by atoms with van der Waals surface area (Å²) in [5.74, 6) is 0.319. The molecule has 3 fully saturated rings. The molecule has 2 bridgehead atoms. The van der Waals surface area contributed by atoms with Gasteiger partial charge in [-0.3, -0.25) is 9.89 Å². The predicted octanol–water partition coefficient (Wildman–Crippen LogP) is 2.60. The van der Waals surface area contributed by atoms with E-state index in [1.807, 2.05) is 34.9 Å². The highest BCUT2D eigenvalue weighted by Gasteiger charge is 2.39. The van der Waals surface area contributed by atoms with Gasteiger partial charge in [-0.25, -0.2) is 4.79 Å². The average Bonchev–Trinajstić information content (AvgIpc) is 2.99. The van der Waals surface area contributed by atoms with Gasteiger partial charge in [0, 0.05) is 45.3 Å². The first kappa shape index (κ1) is 18.5. The van der Waals surface area contributed by atoms with Crippen molar-refractivity contribution < 1.29 is 9.59 Å². The van der Waals surface area contributed by atoms with Crippen molar-refractivity contribution in [2.75, 3.05) is 33.7 Å². The van der Waals surface area contributed by atoms with E-state index in [1.54, 1.807) is 25.2 Å². The van der Waals surface area contributed by atoms with Gasteiger partial charge in [0.15, 0.2) is 0 Å². The quantitative estimate of drug-likeness (QED) is 0.869. The molecule has 3 amide bonds. The van der Waals surface area contributed by atoms with Gasteiger partial charge >= 0.3 is 6.03 Å². The van der Waals surface area contributed by atoms with E-state index in [9.17, 15) is 9.59 Å². The molecule has 0 unspecified atom stereocenters. The van der Waals surface area contributed by atoms with Crippen molar-refractivity contribution in [3.63, 3.8) is 0 Å². The van der Waals surface area contributed by atoms with Gasteiger partial charge in [-0.1, -0.05) is 23.8 Å². The molecular weight excluding hydrogens is 354 g/mol. The molecule has 148 valence electrons. The van der Waals surface area contributed by atoms with Crippen LogP contribution >= 0.6 is 0 Å². The predicted molar refractivity (Wildman–Crippen MR) is 107 cm³/mol. The lowest BCUT2D eigenvalue weighted by atomic mass is 9.94. The molecule has 2 aromatic rings. The van der Waals surface area contributed by atoms with Crippen molar-refractivity contribution in [2.24, 2.45) is 5.92 Å². The highest BCUT2D eigenvalue weighted by Crippen LogP contribution is 2.31. The van der Waals surface area contributed by atoms with E-state index in [2.05, 4.69) is 16.3 Å². The summed E-state index contributed by atoms with van der Waals surface area (Å²) in [5, 5.41) is 7.15. The molecule has 0 radical (unpaired) electrons. The number of aromatic nitrogens is 2. The Balaban J connectivity index is 1.60. The Kier molecular flexibility index (Phi) is 4.83. The van der Waals surface area contributed by atoms with Gasteiger partial charge in [-0.15, -0.1) is 0 Å². The second-order valence-corrected chi connectivity index (χ2v) is 8.16. The van der Waals surface area contributed by atoms with Crippen LogP contribution in [0, 0.1) is 12.8 Å². The lowest BCUT2D eigenvalue weighted by Crippen LogP contribution is -2.48. The van der Waals surface area contributed by atoms with Crippen molar-refractivity contribution >= 4 is 11.9 Å². The van der Waals surface area contributed by atoms with Crippen LogP contribution in [0.15, 0.2) is 30.5 Å². The fourth-order valence-corrected chi connectivity index (χ4v) is 4.39. The largest absolute Gasteiger partial charge is 0.333 e. The number of piperidine rings is 1. The number of aryl methyl sites for hydroxylation is 1. The SMILES string of the molecule is Cc1cccc(-c2[nH]ncc2C(=O)N2C[C@H]3CC[C@@H]2CN(C(=O)N(C)C)C3)c1. The number of urea groups is 1. The molecule has 0 spiro atoms. The monoisotopic (exact) mass is 381 g/mol. The lowest BCUT2D eigenvalue weighted by Gasteiger charge is -2.36. The molecule has 7 heteroatoms. The van der Waals surface area contributed by atoms with Crippen LogP contribution in [0.5, 0.6) is 0 Å². The number of nitrogens with zero attached hydrogens (tertiary/aromatic N) is 4. The minimum absolute atomic E-state index is 0.000826. The standard InChI is InChI=1S/C21H27N5O2/c1-14-5-4-6-16(9-14)19-18(10-22-23-19)20(27)26-12-15-7-8-17(26)13-25(11-15)21(28)24(2)3/h4-6,9-10,15,17H,7-8,11-13H2,1-3H3,(H,22,23)/t15-,17+/m0/s1. The summed E-state index contributed by atoms with van der Waals surface area (Å²) < 4.78 is 0. The van der Waals surface area contributed by atoms with Crippen molar-refractivity contribution in [1.29, 1.82) is 0 Å². The van der Waals surface area contributed by atoms with E-state index in [-0.39, 0.29) is 18.0 Å². The van der Waals surface area contributed by atoms with Crippen LogP contribution in [-0.2, 0) is 0 Å². The number of hydrogen-bond acceptors (Lipinski definition) is 3. The number of amides is 3. The maximum absolute atomic E-state index is 13.4. The second-order valence-electron chi connectivity index (χ2n) is 8.16. The van der Waals surface area contributed by atoms with Gasteiger partial charge in [0.25, 0.3) is 5.91 Å². The van der Waals surface area contributed by atoms with Crippen LogP contribution < -0.4 is 0 Å². The zero-order valence-electron chi connectivity index (χ0n) is 16.7. The molecular formula is C21H27N5O2. The van der Waals surface area contributed by atoms with Gasteiger partial charge in [0.2, 0.25) is 0 Å². The van der Waals surface area contributed by atoms with Crippen LogP contribution in [-0.4, -0.2) is 76.6 Å². The zero-order chi connectivity index (χ0) is 19.8. The number of carbonyl (C=O) groups is 2. The normalized spacial score (nSPS) is 21.5. The third-order valence-corrected chi connectivity index (χ3v) is 5.80. The number of H-pyrrole nitrogens is 1. The number of nitrogens with one attached hydrogen (secondary N) is 1. The summed E-state index contributed by atoms with van der Waals surface area (Å²) in [6.07, 6.45) is 3.62. The Labute approximate surface area is 165 Å². The van der Waals surface area contributed by atoms with Crippen LogP contribution in [0.25, 0.3) is 11.3 Å². The smallest absolute Gasteiger partial charge is 0.319 e. The Bertz CT molecular complexity index is 890. The second kappa shape index (κ2) is 7.30. The van der Waals surface area contributed by atoms with Crippen LogP contribution in [0.1, 0.15) is 28.8 Å². The summed E-state index contributed by atoms with van der Waals surface area (Å²) in [4.78, 5) is 31.4. The molecule has 0 saturated carbocycles. The van der Waals surface area contributed by atoms with Crippen LogP contribution in [0.4, 0.5) is 4.79 Å². The average molecular weight is 381 g/mol. The number of carbonyl (C=O) groups excluding carboxylic acids is 2. The van der Waals surface area contributed by atoms with Gasteiger partial charge < -0.3 is 14.7 Å². The number of rotatable bonds is 2. The fourth-order valence-electron chi connectivity index (χ4n) is 4.39. The van der Waals surface area contributed by atoms with Crippen molar-refractivity contribution in [2.45, 2.75) is 25.8 Å². The molecule has 0 aliphatic carbocycles. The Hall–Kier alpha value is -2.83. The summed E-state index contributed by atoms with van der Waals surface area (Å²) in [6, 6.07) is 8.13. The maximum atomic E-state index is 13.4. The van der Waals surface area contributed by atoms with Crippen molar-refractivity contribution in [3.05, 3.63) is 41.6 Å². The molecule has 2 atom stereocenters. The van der Waals surface area contributed by atoms with E-state index in [1.165, 1.54) is 0 Å². The van der Waals surface area contributed by atoms with E-state index in [0.717, 1.165) is 29.7 Å². The number of fused-ring (bicyclic) bond motifs is 4. The first-order chi connectivity index (χ1) is 13.4. The maximum Gasteiger partial charge on any atom is 0.319 e. The summed E-state index contributed by atoms with van der Waals surface area (Å²) in [6.45, 7) is 4.04. The first-order valence-corrected chi connectivity index (χ1v) is 9.81. The molecule has 1 aromatic heterocycles. The van der Waals surface area contributed by atoms with Gasteiger partial charge in [0.05, 0.1) is 17.5 Å². The number of aromatic amines is 1. The van der Waals surface area contributed by atoms with Crippen LogP contribution in [0.2, 0.25) is 0 Å². The van der Waals surface area contributed by atoms with Crippen LogP contribution in [0.3, 0.4) is 0 Å². The van der Waals surface area contributed by atoms with E-state index in [4.69, 9.17) is 0 Å². The van der Waals surface area contributed by atoms with Gasteiger partial charge in [-0.05, 0) is 31.7 Å². The third-order valence-electron chi connectivity index (χ3n) is 5.80. The summed E-state index contributed by atoms with van der Waals surface area (Å²) in [5.41, 5.74) is 3.46. The minimum Gasteiger partial charge on any atom is -0.333 e. The number of benzene rings is 1.